The second kappa shape index (κ2) is 4.72. The Labute approximate surface area is 115 Å². The zero-order valence-electron chi connectivity index (χ0n) is 11.4. The highest BCUT2D eigenvalue weighted by Gasteiger charge is 2.42. The van der Waals surface area contributed by atoms with Crippen LogP contribution in [-0.2, 0) is 9.63 Å². The standard InChI is InChI=1S/C14H15NO5/c1-14(2,3)10(13(18)19)20-15-11(16)8-6-4-5-7-9(8)12(15)17/h4-7,10H,1-3H3,(H,18,19). The highest BCUT2D eigenvalue weighted by molar-refractivity contribution is 6.20. The molecule has 20 heavy (non-hydrogen) atoms. The quantitative estimate of drug-likeness (QED) is 0.850. The van der Waals surface area contributed by atoms with Crippen LogP contribution in [0.4, 0.5) is 0 Å². The summed E-state index contributed by atoms with van der Waals surface area (Å²) in [6.45, 7) is 4.97. The molecule has 0 fully saturated rings. The Morgan fingerprint density at radius 1 is 1.15 bits per heavy atom. The van der Waals surface area contributed by atoms with Gasteiger partial charge in [0.05, 0.1) is 11.1 Å². The Hall–Kier alpha value is -2.21. The second-order valence-corrected chi connectivity index (χ2v) is 5.64. The predicted octanol–water partition coefficient (Wildman–Crippen LogP) is 1.71. The summed E-state index contributed by atoms with van der Waals surface area (Å²) >= 11 is 0. The zero-order chi connectivity index (χ0) is 15.1. The Morgan fingerprint density at radius 3 is 1.95 bits per heavy atom. The van der Waals surface area contributed by atoms with E-state index in [-0.39, 0.29) is 11.1 Å². The molecule has 6 nitrogen and oxygen atoms in total. The third-order valence-corrected chi connectivity index (χ3v) is 2.98. The van der Waals surface area contributed by atoms with Gasteiger partial charge in [0.25, 0.3) is 11.8 Å². The van der Waals surface area contributed by atoms with Crippen LogP contribution in [0.5, 0.6) is 0 Å². The summed E-state index contributed by atoms with van der Waals surface area (Å²) in [5.74, 6) is -2.50. The number of carboxylic acid groups (broad SMARTS) is 1. The summed E-state index contributed by atoms with van der Waals surface area (Å²) in [5.41, 5.74) is -0.327. The third kappa shape index (κ3) is 2.30. The number of carbonyl (C=O) groups excluding carboxylic acids is 2. The Morgan fingerprint density at radius 2 is 1.60 bits per heavy atom. The van der Waals surface area contributed by atoms with Crippen molar-refractivity contribution < 1.29 is 24.3 Å². The molecule has 1 aromatic rings. The number of hydrogen-bond donors (Lipinski definition) is 1. The smallest absolute Gasteiger partial charge is 0.336 e. The largest absolute Gasteiger partial charge is 0.479 e. The van der Waals surface area contributed by atoms with Gasteiger partial charge in [-0.25, -0.2) is 9.63 Å². The van der Waals surface area contributed by atoms with Gasteiger partial charge in [-0.05, 0) is 12.1 Å². The summed E-state index contributed by atoms with van der Waals surface area (Å²) in [7, 11) is 0. The van der Waals surface area contributed by atoms with Crippen molar-refractivity contribution >= 4 is 17.8 Å². The molecule has 0 radical (unpaired) electrons. The van der Waals surface area contributed by atoms with Crippen molar-refractivity contribution in [2.45, 2.75) is 26.9 Å². The van der Waals surface area contributed by atoms with E-state index >= 15 is 0 Å². The molecule has 0 saturated carbocycles. The maximum absolute atomic E-state index is 12.1. The number of aliphatic carboxylic acids is 1. The molecule has 6 heteroatoms. The number of carboxylic acids is 1. The highest BCUT2D eigenvalue weighted by Crippen LogP contribution is 2.28. The first-order chi connectivity index (χ1) is 9.23. The topological polar surface area (TPSA) is 83.9 Å². The summed E-state index contributed by atoms with van der Waals surface area (Å²) in [6, 6.07) is 6.27. The first kappa shape index (κ1) is 14.2. The van der Waals surface area contributed by atoms with Gasteiger partial charge in [-0.1, -0.05) is 32.9 Å². The maximum Gasteiger partial charge on any atom is 0.336 e. The number of nitrogens with zero attached hydrogens (tertiary/aromatic N) is 1. The van der Waals surface area contributed by atoms with E-state index in [1.54, 1.807) is 32.9 Å². The molecule has 1 aliphatic heterocycles. The van der Waals surface area contributed by atoms with Gasteiger partial charge in [0.2, 0.25) is 0 Å². The fraction of sp³-hybridized carbons (Fsp3) is 0.357. The van der Waals surface area contributed by atoms with Crippen molar-refractivity contribution in [3.8, 4) is 0 Å². The van der Waals surface area contributed by atoms with E-state index in [4.69, 9.17) is 4.84 Å². The van der Waals surface area contributed by atoms with E-state index in [0.717, 1.165) is 0 Å². The van der Waals surface area contributed by atoms with Crippen LogP contribution in [0.3, 0.4) is 0 Å². The molecule has 106 valence electrons. The summed E-state index contributed by atoms with van der Waals surface area (Å²) in [5, 5.41) is 9.72. The molecule has 1 N–H and O–H groups in total. The highest BCUT2D eigenvalue weighted by atomic mass is 16.7. The van der Waals surface area contributed by atoms with Crippen molar-refractivity contribution in [3.63, 3.8) is 0 Å². The Bertz CT molecular complexity index is 552. The molecular weight excluding hydrogens is 262 g/mol. The van der Waals surface area contributed by atoms with Crippen molar-refractivity contribution in [2.24, 2.45) is 5.41 Å². The first-order valence-electron chi connectivity index (χ1n) is 6.11. The molecule has 1 aromatic carbocycles. The molecule has 0 aromatic heterocycles. The van der Waals surface area contributed by atoms with Crippen molar-refractivity contribution in [2.75, 3.05) is 0 Å². The number of fused-ring (bicyclic) bond motifs is 1. The maximum atomic E-state index is 12.1. The van der Waals surface area contributed by atoms with Gasteiger partial charge < -0.3 is 5.11 Å². The fourth-order valence-electron chi connectivity index (χ4n) is 1.94. The normalized spacial score (nSPS) is 16.2. The molecule has 2 rings (SSSR count). The molecule has 1 heterocycles. The summed E-state index contributed by atoms with van der Waals surface area (Å²) in [6.07, 6.45) is -1.30. The van der Waals surface area contributed by atoms with Crippen molar-refractivity contribution in [3.05, 3.63) is 35.4 Å². The summed E-state index contributed by atoms with van der Waals surface area (Å²) < 4.78 is 0. The number of rotatable bonds is 3. The minimum absolute atomic E-state index is 0.218. The molecular formula is C14H15NO5. The van der Waals surface area contributed by atoms with Gasteiger partial charge in [-0.2, -0.15) is 0 Å². The van der Waals surface area contributed by atoms with Crippen LogP contribution in [0, 0.1) is 5.41 Å². The average Bonchev–Trinajstić information content (AvgIpc) is 2.58. The van der Waals surface area contributed by atoms with Crippen LogP contribution in [0.1, 0.15) is 41.5 Å². The average molecular weight is 277 g/mol. The van der Waals surface area contributed by atoms with Crippen LogP contribution in [0.15, 0.2) is 24.3 Å². The van der Waals surface area contributed by atoms with Gasteiger partial charge in [0.1, 0.15) is 0 Å². The van der Waals surface area contributed by atoms with Crippen LogP contribution in [-0.4, -0.2) is 34.1 Å². The van der Waals surface area contributed by atoms with Crippen LogP contribution in [0.2, 0.25) is 0 Å². The minimum Gasteiger partial charge on any atom is -0.479 e. The molecule has 0 bridgehead atoms. The zero-order valence-corrected chi connectivity index (χ0v) is 11.4. The van der Waals surface area contributed by atoms with Gasteiger partial charge >= 0.3 is 5.97 Å². The van der Waals surface area contributed by atoms with E-state index in [9.17, 15) is 19.5 Å². The van der Waals surface area contributed by atoms with Gasteiger partial charge in [-0.3, -0.25) is 9.59 Å². The summed E-state index contributed by atoms with van der Waals surface area (Å²) in [4.78, 5) is 40.6. The number of carbonyl (C=O) groups is 3. The monoisotopic (exact) mass is 277 g/mol. The minimum atomic E-state index is -1.30. The van der Waals surface area contributed by atoms with E-state index < -0.39 is 29.3 Å². The lowest BCUT2D eigenvalue weighted by Gasteiger charge is -2.29. The molecule has 1 atom stereocenters. The third-order valence-electron chi connectivity index (χ3n) is 2.98. The van der Waals surface area contributed by atoms with Crippen LogP contribution >= 0.6 is 0 Å². The number of hydrogen-bond acceptors (Lipinski definition) is 4. The molecule has 2 amide bonds. The lowest BCUT2D eigenvalue weighted by molar-refractivity contribution is -0.191. The van der Waals surface area contributed by atoms with E-state index in [2.05, 4.69) is 0 Å². The second-order valence-electron chi connectivity index (χ2n) is 5.64. The van der Waals surface area contributed by atoms with Crippen LogP contribution < -0.4 is 0 Å². The number of hydroxylamine groups is 2. The lowest BCUT2D eigenvalue weighted by atomic mass is 9.89. The Kier molecular flexibility index (Phi) is 3.35. The lowest BCUT2D eigenvalue weighted by Crippen LogP contribution is -2.44. The van der Waals surface area contributed by atoms with Crippen molar-refractivity contribution in [1.29, 1.82) is 0 Å². The molecule has 1 unspecified atom stereocenters. The number of amides is 2. The molecule has 0 aliphatic carbocycles. The molecule has 1 aliphatic rings. The predicted molar refractivity (Wildman–Crippen MR) is 68.9 cm³/mol. The number of imide groups is 1. The SMILES string of the molecule is CC(C)(C)C(ON1C(=O)c2ccccc2C1=O)C(=O)O. The first-order valence-corrected chi connectivity index (χ1v) is 6.11. The molecule has 0 spiro atoms. The van der Waals surface area contributed by atoms with Gasteiger partial charge in [0.15, 0.2) is 6.10 Å². The van der Waals surface area contributed by atoms with Gasteiger partial charge in [0, 0.05) is 5.41 Å². The van der Waals surface area contributed by atoms with E-state index in [0.29, 0.717) is 5.06 Å². The Balaban J connectivity index is 2.30. The fourth-order valence-corrected chi connectivity index (χ4v) is 1.94. The van der Waals surface area contributed by atoms with Gasteiger partial charge in [-0.15, -0.1) is 5.06 Å². The van der Waals surface area contributed by atoms with Crippen LogP contribution in [0.25, 0.3) is 0 Å². The van der Waals surface area contributed by atoms with E-state index in [1.165, 1.54) is 12.1 Å². The number of benzene rings is 1. The van der Waals surface area contributed by atoms with Crippen molar-refractivity contribution in [1.82, 2.24) is 5.06 Å². The van der Waals surface area contributed by atoms with E-state index in [1.807, 2.05) is 0 Å². The molecule has 0 saturated heterocycles.